The van der Waals surface area contributed by atoms with Crippen molar-refractivity contribution in [3.05, 3.63) is 0 Å². The zero-order valence-electron chi connectivity index (χ0n) is 12.4. The van der Waals surface area contributed by atoms with Crippen LogP contribution in [0.15, 0.2) is 0 Å². The zero-order valence-corrected chi connectivity index (χ0v) is 12.4. The topological polar surface area (TPSA) is 78.9 Å². The first-order chi connectivity index (χ1) is 9.50. The lowest BCUT2D eigenvalue weighted by Crippen LogP contribution is -2.36. The molecule has 0 aromatic rings. The first-order valence-corrected chi connectivity index (χ1v) is 7.23. The molecule has 6 heteroatoms. The van der Waals surface area contributed by atoms with Gasteiger partial charge in [-0.05, 0) is 39.8 Å². The molecule has 2 N–H and O–H groups in total. The molecule has 0 atom stereocenters. The van der Waals surface area contributed by atoms with Gasteiger partial charge in [-0.15, -0.1) is 0 Å². The van der Waals surface area contributed by atoms with Crippen molar-refractivity contribution in [2.24, 2.45) is 11.8 Å². The van der Waals surface area contributed by atoms with E-state index in [2.05, 4.69) is 5.32 Å². The summed E-state index contributed by atoms with van der Waals surface area (Å²) in [6.45, 7) is 2.56. The number of carboxylic acid groups (broad SMARTS) is 1. The van der Waals surface area contributed by atoms with E-state index in [9.17, 15) is 9.59 Å². The summed E-state index contributed by atoms with van der Waals surface area (Å²) in [5, 5.41) is 11.8. The molecule has 6 nitrogen and oxygen atoms in total. The number of likely N-dealkylation sites (N-methyl/N-ethyl adjacent to an activating group) is 1. The second kappa shape index (κ2) is 8.92. The van der Waals surface area contributed by atoms with Gasteiger partial charge in [0.25, 0.3) is 0 Å². The molecule has 0 aromatic heterocycles. The molecule has 0 saturated heterocycles. The molecule has 0 bridgehead atoms. The molecule has 0 aliphatic heterocycles. The quantitative estimate of drug-likeness (QED) is 0.638. The Labute approximate surface area is 120 Å². The van der Waals surface area contributed by atoms with Crippen LogP contribution in [0.1, 0.15) is 25.7 Å². The molecular weight excluding hydrogens is 260 g/mol. The summed E-state index contributed by atoms with van der Waals surface area (Å²) in [5.41, 5.74) is 0. The Morgan fingerprint density at radius 1 is 1.15 bits per heavy atom. The maximum Gasteiger partial charge on any atom is 0.306 e. The number of carboxylic acids is 1. The molecule has 116 valence electrons. The van der Waals surface area contributed by atoms with Gasteiger partial charge in [0.15, 0.2) is 0 Å². The van der Waals surface area contributed by atoms with Gasteiger partial charge in [-0.1, -0.05) is 0 Å². The SMILES string of the molecule is CN(C)CCOCCNC(=O)C1CCC(C(=O)O)CC1. The fourth-order valence-corrected chi connectivity index (χ4v) is 2.34. The third kappa shape index (κ3) is 6.34. The molecule has 0 radical (unpaired) electrons. The minimum atomic E-state index is -0.738. The Bertz CT molecular complexity index is 312. The van der Waals surface area contributed by atoms with Crippen LogP contribution in [0.25, 0.3) is 0 Å². The molecule has 1 fully saturated rings. The van der Waals surface area contributed by atoms with Gasteiger partial charge in [-0.2, -0.15) is 0 Å². The van der Waals surface area contributed by atoms with E-state index in [0.29, 0.717) is 45.4 Å². The highest BCUT2D eigenvalue weighted by Crippen LogP contribution is 2.28. The number of hydrogen-bond acceptors (Lipinski definition) is 4. The van der Waals surface area contributed by atoms with E-state index < -0.39 is 5.97 Å². The summed E-state index contributed by atoms with van der Waals surface area (Å²) in [4.78, 5) is 24.8. The summed E-state index contributed by atoms with van der Waals surface area (Å²) in [6, 6.07) is 0. The Hall–Kier alpha value is -1.14. The lowest BCUT2D eigenvalue weighted by Gasteiger charge is -2.25. The second-order valence-corrected chi connectivity index (χ2v) is 5.59. The van der Waals surface area contributed by atoms with E-state index in [1.54, 1.807) is 0 Å². The van der Waals surface area contributed by atoms with Crippen molar-refractivity contribution in [1.82, 2.24) is 10.2 Å². The van der Waals surface area contributed by atoms with Gasteiger partial charge in [0.05, 0.1) is 19.1 Å². The predicted molar refractivity (Wildman–Crippen MR) is 75.5 cm³/mol. The summed E-state index contributed by atoms with van der Waals surface area (Å²) in [7, 11) is 3.97. The summed E-state index contributed by atoms with van der Waals surface area (Å²) < 4.78 is 5.40. The highest BCUT2D eigenvalue weighted by Gasteiger charge is 2.29. The molecule has 1 saturated carbocycles. The van der Waals surface area contributed by atoms with Gasteiger partial charge in [0.1, 0.15) is 0 Å². The summed E-state index contributed by atoms with van der Waals surface area (Å²) in [6.07, 6.45) is 2.55. The zero-order chi connectivity index (χ0) is 15.0. The van der Waals surface area contributed by atoms with Crippen LogP contribution in [0, 0.1) is 11.8 Å². The molecule has 0 spiro atoms. The predicted octanol–water partition coefficient (Wildman–Crippen LogP) is 0.572. The minimum absolute atomic E-state index is 0.0325. The number of rotatable bonds is 8. The normalized spacial score (nSPS) is 22.8. The fourth-order valence-electron chi connectivity index (χ4n) is 2.34. The Kier molecular flexibility index (Phi) is 7.54. The van der Waals surface area contributed by atoms with Crippen LogP contribution >= 0.6 is 0 Å². The van der Waals surface area contributed by atoms with E-state index in [0.717, 1.165) is 6.54 Å². The molecular formula is C14H26N2O4. The molecule has 0 heterocycles. The van der Waals surface area contributed by atoms with Gasteiger partial charge in [0, 0.05) is 19.0 Å². The van der Waals surface area contributed by atoms with Gasteiger partial charge in [-0.25, -0.2) is 0 Å². The van der Waals surface area contributed by atoms with Crippen LogP contribution in [-0.2, 0) is 14.3 Å². The summed E-state index contributed by atoms with van der Waals surface area (Å²) in [5.74, 6) is -1.01. The molecule has 1 rings (SSSR count). The van der Waals surface area contributed by atoms with Crippen molar-refractivity contribution in [2.45, 2.75) is 25.7 Å². The van der Waals surface area contributed by atoms with E-state index in [1.807, 2.05) is 19.0 Å². The van der Waals surface area contributed by atoms with E-state index in [4.69, 9.17) is 9.84 Å². The minimum Gasteiger partial charge on any atom is -0.481 e. The molecule has 0 aromatic carbocycles. The number of aliphatic carboxylic acids is 1. The third-order valence-electron chi connectivity index (χ3n) is 3.68. The van der Waals surface area contributed by atoms with Crippen molar-refractivity contribution in [3.8, 4) is 0 Å². The van der Waals surface area contributed by atoms with E-state index in [1.165, 1.54) is 0 Å². The number of ether oxygens (including phenoxy) is 1. The average Bonchev–Trinajstić information content (AvgIpc) is 2.42. The maximum absolute atomic E-state index is 11.9. The van der Waals surface area contributed by atoms with Crippen molar-refractivity contribution in [1.29, 1.82) is 0 Å². The number of amides is 1. The molecule has 1 aliphatic rings. The molecule has 1 aliphatic carbocycles. The highest BCUT2D eigenvalue weighted by molar-refractivity contribution is 5.79. The molecule has 20 heavy (non-hydrogen) atoms. The number of carbonyl (C=O) groups excluding carboxylic acids is 1. The van der Waals surface area contributed by atoms with Gasteiger partial charge < -0.3 is 20.1 Å². The van der Waals surface area contributed by atoms with Crippen molar-refractivity contribution in [2.75, 3.05) is 40.4 Å². The van der Waals surface area contributed by atoms with Crippen molar-refractivity contribution < 1.29 is 19.4 Å². The largest absolute Gasteiger partial charge is 0.481 e. The van der Waals surface area contributed by atoms with Crippen LogP contribution < -0.4 is 5.32 Å². The lowest BCUT2D eigenvalue weighted by molar-refractivity contribution is -0.144. The lowest BCUT2D eigenvalue weighted by atomic mass is 9.81. The number of hydrogen-bond donors (Lipinski definition) is 2. The van der Waals surface area contributed by atoms with Gasteiger partial charge >= 0.3 is 5.97 Å². The Morgan fingerprint density at radius 3 is 2.30 bits per heavy atom. The second-order valence-electron chi connectivity index (χ2n) is 5.59. The highest BCUT2D eigenvalue weighted by atomic mass is 16.5. The molecule has 0 unspecified atom stereocenters. The first kappa shape index (κ1) is 16.9. The first-order valence-electron chi connectivity index (χ1n) is 7.23. The van der Waals surface area contributed by atoms with E-state index >= 15 is 0 Å². The number of nitrogens with zero attached hydrogens (tertiary/aromatic N) is 1. The van der Waals surface area contributed by atoms with Crippen molar-refractivity contribution >= 4 is 11.9 Å². The maximum atomic E-state index is 11.9. The third-order valence-corrected chi connectivity index (χ3v) is 3.68. The van der Waals surface area contributed by atoms with Crippen LogP contribution in [0.4, 0.5) is 0 Å². The Morgan fingerprint density at radius 2 is 1.75 bits per heavy atom. The monoisotopic (exact) mass is 286 g/mol. The average molecular weight is 286 g/mol. The number of nitrogens with one attached hydrogen (secondary N) is 1. The number of carbonyl (C=O) groups is 2. The van der Waals surface area contributed by atoms with Crippen molar-refractivity contribution in [3.63, 3.8) is 0 Å². The smallest absolute Gasteiger partial charge is 0.306 e. The van der Waals surface area contributed by atoms with Gasteiger partial charge in [-0.3, -0.25) is 9.59 Å². The van der Waals surface area contributed by atoms with Crippen LogP contribution in [0.3, 0.4) is 0 Å². The van der Waals surface area contributed by atoms with Crippen LogP contribution in [0.5, 0.6) is 0 Å². The Balaban J connectivity index is 2.07. The molecule has 1 amide bonds. The standard InChI is InChI=1S/C14H26N2O4/c1-16(2)8-10-20-9-7-15-13(17)11-3-5-12(6-4-11)14(18)19/h11-12H,3-10H2,1-2H3,(H,15,17)(H,18,19). The van der Waals surface area contributed by atoms with Crippen LogP contribution in [-0.4, -0.2) is 62.3 Å². The van der Waals surface area contributed by atoms with Crippen LogP contribution in [0.2, 0.25) is 0 Å². The summed E-state index contributed by atoms with van der Waals surface area (Å²) >= 11 is 0. The fraction of sp³-hybridized carbons (Fsp3) is 0.857. The van der Waals surface area contributed by atoms with Gasteiger partial charge in [0.2, 0.25) is 5.91 Å². The van der Waals surface area contributed by atoms with E-state index in [-0.39, 0.29) is 17.7 Å².